The fourth-order valence-corrected chi connectivity index (χ4v) is 5.52. The molecule has 2 unspecified atom stereocenters. The van der Waals surface area contributed by atoms with E-state index < -0.39 is 11.9 Å². The molecule has 7 heteroatoms. The molecule has 1 fully saturated rings. The van der Waals surface area contributed by atoms with Gasteiger partial charge in [0.1, 0.15) is 11.7 Å². The number of hydrogen-bond donors (Lipinski definition) is 0. The van der Waals surface area contributed by atoms with Crippen LogP contribution >= 0.6 is 0 Å². The average Bonchev–Trinajstić information content (AvgIpc) is 2.99. The van der Waals surface area contributed by atoms with Gasteiger partial charge in [0.25, 0.3) is 0 Å². The van der Waals surface area contributed by atoms with E-state index in [9.17, 15) is 4.79 Å². The van der Waals surface area contributed by atoms with Crippen molar-refractivity contribution < 1.29 is 28.5 Å². The van der Waals surface area contributed by atoms with Gasteiger partial charge in [-0.15, -0.1) is 0 Å². The maximum atomic E-state index is 12.7. The van der Waals surface area contributed by atoms with Gasteiger partial charge in [-0.2, -0.15) is 0 Å². The molecule has 2 aromatic carbocycles. The van der Waals surface area contributed by atoms with Crippen molar-refractivity contribution in [3.8, 4) is 0 Å². The Morgan fingerprint density at radius 3 is 2.09 bits per heavy atom. The molecular formula is C37H57NO6. The molecule has 0 aromatic heterocycles. The lowest BCUT2D eigenvalue weighted by atomic mass is 9.83. The summed E-state index contributed by atoms with van der Waals surface area (Å²) < 4.78 is 31.2. The minimum Gasteiger partial charge on any atom is -0.459 e. The minimum atomic E-state index is -0.528. The van der Waals surface area contributed by atoms with E-state index in [0.29, 0.717) is 33.0 Å². The van der Waals surface area contributed by atoms with Crippen LogP contribution in [0.4, 0.5) is 0 Å². The molecule has 3 rings (SSSR count). The van der Waals surface area contributed by atoms with E-state index in [-0.39, 0.29) is 36.6 Å². The van der Waals surface area contributed by atoms with Crippen LogP contribution in [0.5, 0.6) is 0 Å². The van der Waals surface area contributed by atoms with Crippen molar-refractivity contribution in [1.29, 1.82) is 0 Å². The fraction of sp³-hybridized carbons (Fsp3) is 0.649. The van der Waals surface area contributed by atoms with Crippen LogP contribution in [0.1, 0.15) is 84.8 Å². The van der Waals surface area contributed by atoms with E-state index in [1.165, 1.54) is 19.3 Å². The summed E-state index contributed by atoms with van der Waals surface area (Å²) in [5, 5.41) is 0. The Kier molecular flexibility index (Phi) is 15.8. The summed E-state index contributed by atoms with van der Waals surface area (Å²) in [4.78, 5) is 14.9. The van der Waals surface area contributed by atoms with Crippen LogP contribution in [-0.2, 0) is 41.7 Å². The molecular weight excluding hydrogens is 554 g/mol. The van der Waals surface area contributed by atoms with Crippen LogP contribution in [0.25, 0.3) is 0 Å². The number of carbonyl (C=O) groups is 1. The van der Waals surface area contributed by atoms with E-state index in [2.05, 4.69) is 49.9 Å². The van der Waals surface area contributed by atoms with Gasteiger partial charge in [0.05, 0.1) is 39.1 Å². The molecule has 1 aliphatic rings. The summed E-state index contributed by atoms with van der Waals surface area (Å²) >= 11 is 0. The molecule has 1 heterocycles. The zero-order valence-electron chi connectivity index (χ0n) is 28.0. The molecule has 7 nitrogen and oxygen atoms in total. The lowest BCUT2D eigenvalue weighted by Crippen LogP contribution is -2.53. The van der Waals surface area contributed by atoms with Crippen LogP contribution in [0, 0.1) is 11.8 Å². The first-order valence-corrected chi connectivity index (χ1v) is 16.6. The highest BCUT2D eigenvalue weighted by Gasteiger charge is 2.43. The predicted molar refractivity (Wildman–Crippen MR) is 175 cm³/mol. The molecule has 1 saturated heterocycles. The molecule has 246 valence electrons. The van der Waals surface area contributed by atoms with Gasteiger partial charge in [0, 0.05) is 6.54 Å². The van der Waals surface area contributed by atoms with Gasteiger partial charge in [0.2, 0.25) is 0 Å². The highest BCUT2D eigenvalue weighted by atomic mass is 16.7. The van der Waals surface area contributed by atoms with E-state index in [4.69, 9.17) is 23.7 Å². The Balaban J connectivity index is 1.61. The second-order valence-corrected chi connectivity index (χ2v) is 13.2. The normalized spacial score (nSPS) is 22.3. The first-order chi connectivity index (χ1) is 21.2. The SMILES string of the molecule is CCCCCCCN(CCOC1[C@@H](OCc2ccccc2)OC(COCc2ccccc2)[C@@H](C)[C@@H]1C)CC(=O)OC(C)(C)C. The van der Waals surface area contributed by atoms with E-state index in [1.807, 2.05) is 57.2 Å². The summed E-state index contributed by atoms with van der Waals surface area (Å²) in [6.45, 7) is 16.0. The van der Waals surface area contributed by atoms with Crippen molar-refractivity contribution in [3.05, 3.63) is 71.8 Å². The summed E-state index contributed by atoms with van der Waals surface area (Å²) in [5.41, 5.74) is 1.73. The van der Waals surface area contributed by atoms with Crippen molar-refractivity contribution >= 4 is 5.97 Å². The molecule has 0 saturated carbocycles. The standard InChI is InChI=1S/C37H57NO6/c1-7-8-9-10-17-22-38(25-34(39)44-37(4,5)6)23-24-41-35-30(3)29(2)33(28-40-26-31-18-13-11-14-19-31)43-36(35)42-27-32-20-15-12-16-21-32/h11-16,18-21,29-30,33,35-36H,7-10,17,22-28H2,1-6H3/t29-,30-,33?,35?,36-/m0/s1. The molecule has 0 bridgehead atoms. The van der Waals surface area contributed by atoms with Gasteiger partial charge in [-0.05, 0) is 56.7 Å². The predicted octanol–water partition coefficient (Wildman–Crippen LogP) is 7.42. The Hall–Kier alpha value is -2.29. The summed E-state index contributed by atoms with van der Waals surface area (Å²) in [5.74, 6) is 0.198. The fourth-order valence-electron chi connectivity index (χ4n) is 5.52. The van der Waals surface area contributed by atoms with Crippen LogP contribution in [0.3, 0.4) is 0 Å². The maximum Gasteiger partial charge on any atom is 0.320 e. The lowest BCUT2D eigenvalue weighted by molar-refractivity contribution is -0.290. The highest BCUT2D eigenvalue weighted by molar-refractivity contribution is 5.72. The van der Waals surface area contributed by atoms with E-state index in [0.717, 1.165) is 30.5 Å². The Morgan fingerprint density at radius 2 is 1.45 bits per heavy atom. The zero-order valence-corrected chi connectivity index (χ0v) is 28.0. The summed E-state index contributed by atoms with van der Waals surface area (Å²) in [6, 6.07) is 20.3. The molecule has 0 spiro atoms. The Labute approximate surface area is 266 Å². The van der Waals surface area contributed by atoms with Crippen molar-refractivity contribution in [2.24, 2.45) is 11.8 Å². The van der Waals surface area contributed by atoms with Crippen molar-refractivity contribution in [2.45, 2.75) is 111 Å². The molecule has 2 aromatic rings. The van der Waals surface area contributed by atoms with Crippen LogP contribution in [0.2, 0.25) is 0 Å². The number of carbonyl (C=O) groups excluding carboxylic acids is 1. The molecule has 44 heavy (non-hydrogen) atoms. The monoisotopic (exact) mass is 611 g/mol. The first kappa shape index (κ1) is 36.2. The third-order valence-corrected chi connectivity index (χ3v) is 8.23. The number of nitrogens with zero attached hydrogens (tertiary/aromatic N) is 1. The van der Waals surface area contributed by atoms with Gasteiger partial charge < -0.3 is 23.7 Å². The van der Waals surface area contributed by atoms with E-state index >= 15 is 0 Å². The second-order valence-electron chi connectivity index (χ2n) is 13.2. The number of esters is 1. The third kappa shape index (κ3) is 13.4. The molecule has 0 aliphatic carbocycles. The van der Waals surface area contributed by atoms with Crippen LogP contribution < -0.4 is 0 Å². The molecule has 0 amide bonds. The Bertz CT molecular complexity index is 1040. The Morgan fingerprint density at radius 1 is 0.818 bits per heavy atom. The van der Waals surface area contributed by atoms with Crippen LogP contribution in [-0.4, -0.2) is 67.8 Å². The summed E-state index contributed by atoms with van der Waals surface area (Å²) in [7, 11) is 0. The number of ether oxygens (including phenoxy) is 5. The number of benzene rings is 2. The van der Waals surface area contributed by atoms with Gasteiger partial charge >= 0.3 is 5.97 Å². The highest BCUT2D eigenvalue weighted by Crippen LogP contribution is 2.34. The van der Waals surface area contributed by atoms with Crippen LogP contribution in [0.15, 0.2) is 60.7 Å². The smallest absolute Gasteiger partial charge is 0.320 e. The maximum absolute atomic E-state index is 12.7. The average molecular weight is 612 g/mol. The first-order valence-electron chi connectivity index (χ1n) is 16.6. The molecule has 0 N–H and O–H groups in total. The van der Waals surface area contributed by atoms with Crippen molar-refractivity contribution in [3.63, 3.8) is 0 Å². The van der Waals surface area contributed by atoms with Gasteiger partial charge in [-0.25, -0.2) is 0 Å². The van der Waals surface area contributed by atoms with Gasteiger partial charge in [-0.3, -0.25) is 9.69 Å². The van der Waals surface area contributed by atoms with Gasteiger partial charge in [-0.1, -0.05) is 107 Å². The number of hydrogen-bond acceptors (Lipinski definition) is 7. The number of rotatable bonds is 19. The largest absolute Gasteiger partial charge is 0.459 e. The van der Waals surface area contributed by atoms with E-state index in [1.54, 1.807) is 0 Å². The number of unbranched alkanes of at least 4 members (excludes halogenated alkanes) is 4. The summed E-state index contributed by atoms with van der Waals surface area (Å²) in [6.07, 6.45) is 5.01. The molecule has 1 aliphatic heterocycles. The van der Waals surface area contributed by atoms with Crippen molar-refractivity contribution in [1.82, 2.24) is 4.90 Å². The van der Waals surface area contributed by atoms with Gasteiger partial charge in [0.15, 0.2) is 6.29 Å². The molecule has 0 radical (unpaired) electrons. The quantitative estimate of drug-likeness (QED) is 0.121. The van der Waals surface area contributed by atoms with Crippen molar-refractivity contribution in [2.75, 3.05) is 32.8 Å². The zero-order chi connectivity index (χ0) is 31.8. The second kappa shape index (κ2) is 19.3. The minimum absolute atomic E-state index is 0.110. The lowest BCUT2D eigenvalue weighted by Gasteiger charge is -2.44. The third-order valence-electron chi connectivity index (χ3n) is 8.23. The molecule has 5 atom stereocenters. The topological polar surface area (TPSA) is 66.5 Å².